The van der Waals surface area contributed by atoms with E-state index in [1.165, 1.54) is 5.56 Å². The van der Waals surface area contributed by atoms with Gasteiger partial charge in [-0.25, -0.2) is 0 Å². The molecule has 2 rings (SSSR count). The highest BCUT2D eigenvalue weighted by atomic mass is 16.5. The van der Waals surface area contributed by atoms with Gasteiger partial charge in [0.05, 0.1) is 12.8 Å². The van der Waals surface area contributed by atoms with Crippen LogP contribution in [0.15, 0.2) is 36.5 Å². The van der Waals surface area contributed by atoms with Crippen molar-refractivity contribution in [3.63, 3.8) is 0 Å². The van der Waals surface area contributed by atoms with E-state index in [9.17, 15) is 4.79 Å². The smallest absolute Gasteiger partial charge is 0.225 e. The number of anilines is 1. The Bertz CT molecular complexity index is 639. The molecule has 1 N–H and O–H groups in total. The highest BCUT2D eigenvalue weighted by molar-refractivity contribution is 5.89. The molecule has 5 heteroatoms. The maximum absolute atomic E-state index is 11.8. The van der Waals surface area contributed by atoms with Crippen molar-refractivity contribution in [3.05, 3.63) is 42.1 Å². The predicted molar refractivity (Wildman–Crippen MR) is 91.7 cm³/mol. The van der Waals surface area contributed by atoms with E-state index in [1.807, 2.05) is 12.1 Å². The maximum atomic E-state index is 11.8. The van der Waals surface area contributed by atoms with Gasteiger partial charge in [0.15, 0.2) is 0 Å². The Morgan fingerprint density at radius 2 is 1.91 bits per heavy atom. The van der Waals surface area contributed by atoms with Gasteiger partial charge in [0.1, 0.15) is 11.6 Å². The lowest BCUT2D eigenvalue weighted by atomic mass is 9.87. The molecule has 0 radical (unpaired) electrons. The van der Waals surface area contributed by atoms with E-state index in [0.717, 1.165) is 5.75 Å². The van der Waals surface area contributed by atoms with E-state index < -0.39 is 0 Å². The first kappa shape index (κ1) is 17.1. The molecule has 1 heterocycles. The van der Waals surface area contributed by atoms with Crippen molar-refractivity contribution in [3.8, 4) is 5.75 Å². The van der Waals surface area contributed by atoms with Crippen LogP contribution in [0.2, 0.25) is 0 Å². The van der Waals surface area contributed by atoms with Gasteiger partial charge in [-0.3, -0.25) is 9.48 Å². The summed E-state index contributed by atoms with van der Waals surface area (Å²) >= 11 is 0. The molecule has 0 bridgehead atoms. The van der Waals surface area contributed by atoms with Gasteiger partial charge in [-0.2, -0.15) is 5.10 Å². The lowest BCUT2D eigenvalue weighted by molar-refractivity contribution is -0.116. The number of amides is 1. The van der Waals surface area contributed by atoms with Crippen molar-refractivity contribution >= 4 is 11.7 Å². The number of carbonyl (C=O) groups excluding carboxylic acids is 1. The van der Waals surface area contributed by atoms with Crippen molar-refractivity contribution < 1.29 is 9.53 Å². The highest BCUT2D eigenvalue weighted by Crippen LogP contribution is 2.24. The van der Waals surface area contributed by atoms with Crippen molar-refractivity contribution in [2.45, 2.75) is 39.0 Å². The average Bonchev–Trinajstić information content (AvgIpc) is 2.88. The Labute approximate surface area is 137 Å². The molecule has 124 valence electrons. The third kappa shape index (κ3) is 5.13. The summed E-state index contributed by atoms with van der Waals surface area (Å²) in [6.07, 6.45) is 2.75. The molecule has 0 atom stereocenters. The summed E-state index contributed by atoms with van der Waals surface area (Å²) in [5, 5.41) is 6.83. The number of ether oxygens (including phenoxy) is 1. The van der Waals surface area contributed by atoms with Gasteiger partial charge >= 0.3 is 0 Å². The number of aryl methyl sites for hydroxylation is 1. The summed E-state index contributed by atoms with van der Waals surface area (Å²) in [5.41, 5.74) is 1.42. The minimum absolute atomic E-state index is 0.0275. The molecule has 0 spiro atoms. The van der Waals surface area contributed by atoms with Crippen LogP contribution in [0.5, 0.6) is 5.75 Å². The van der Waals surface area contributed by atoms with E-state index >= 15 is 0 Å². The van der Waals surface area contributed by atoms with Crippen LogP contribution >= 0.6 is 0 Å². The van der Waals surface area contributed by atoms with E-state index in [0.29, 0.717) is 25.3 Å². The topological polar surface area (TPSA) is 56.2 Å². The first-order chi connectivity index (χ1) is 10.9. The van der Waals surface area contributed by atoms with E-state index in [-0.39, 0.29) is 11.3 Å². The average molecular weight is 315 g/mol. The summed E-state index contributed by atoms with van der Waals surface area (Å²) in [6, 6.07) is 9.91. The summed E-state index contributed by atoms with van der Waals surface area (Å²) in [6.45, 7) is 7.07. The molecule has 0 aliphatic carbocycles. The minimum Gasteiger partial charge on any atom is -0.494 e. The fraction of sp³-hybridized carbons (Fsp3) is 0.444. The van der Waals surface area contributed by atoms with Gasteiger partial charge in [-0.1, -0.05) is 32.9 Å². The van der Waals surface area contributed by atoms with E-state index in [2.05, 4.69) is 43.3 Å². The first-order valence-corrected chi connectivity index (χ1v) is 7.87. The molecule has 0 saturated heterocycles. The third-order valence-corrected chi connectivity index (χ3v) is 3.63. The molecule has 2 aromatic rings. The molecule has 0 fully saturated rings. The van der Waals surface area contributed by atoms with Crippen LogP contribution in [0.25, 0.3) is 0 Å². The molecule has 1 amide bonds. The molecule has 0 aliphatic rings. The molecular weight excluding hydrogens is 290 g/mol. The Morgan fingerprint density at radius 1 is 1.22 bits per heavy atom. The fourth-order valence-electron chi connectivity index (χ4n) is 2.18. The predicted octanol–water partition coefficient (Wildman–Crippen LogP) is 3.52. The second kappa shape index (κ2) is 7.31. The summed E-state index contributed by atoms with van der Waals surface area (Å²) in [4.78, 5) is 11.8. The van der Waals surface area contributed by atoms with Crippen LogP contribution < -0.4 is 10.1 Å². The largest absolute Gasteiger partial charge is 0.494 e. The zero-order valence-electron chi connectivity index (χ0n) is 14.3. The molecule has 1 aromatic heterocycles. The van der Waals surface area contributed by atoms with Gasteiger partial charge in [-0.05, 0) is 29.5 Å². The van der Waals surface area contributed by atoms with Gasteiger partial charge in [0.2, 0.25) is 5.91 Å². The van der Waals surface area contributed by atoms with Gasteiger partial charge in [0.25, 0.3) is 0 Å². The number of nitrogens with one attached hydrogen (secondary N) is 1. The molecular formula is C18H25N3O2. The zero-order chi connectivity index (χ0) is 16.9. The Kier molecular flexibility index (Phi) is 5.42. The van der Waals surface area contributed by atoms with Crippen molar-refractivity contribution in [2.75, 3.05) is 11.9 Å². The molecule has 23 heavy (non-hydrogen) atoms. The van der Waals surface area contributed by atoms with Crippen molar-refractivity contribution in [2.24, 2.45) is 7.05 Å². The van der Waals surface area contributed by atoms with Crippen LogP contribution in [-0.2, 0) is 17.3 Å². The van der Waals surface area contributed by atoms with Gasteiger partial charge in [0, 0.05) is 19.5 Å². The van der Waals surface area contributed by atoms with Crippen LogP contribution in [0.4, 0.5) is 5.82 Å². The zero-order valence-corrected chi connectivity index (χ0v) is 14.3. The number of benzene rings is 1. The number of hydrogen-bond acceptors (Lipinski definition) is 3. The first-order valence-electron chi connectivity index (χ1n) is 7.87. The number of rotatable bonds is 6. The molecule has 1 aromatic carbocycles. The highest BCUT2D eigenvalue weighted by Gasteiger charge is 2.13. The molecule has 0 unspecified atom stereocenters. The number of carbonyl (C=O) groups is 1. The monoisotopic (exact) mass is 315 g/mol. The van der Waals surface area contributed by atoms with Gasteiger partial charge in [-0.15, -0.1) is 0 Å². The SMILES string of the molecule is Cn1nccc1NC(=O)CCCOc1ccc(C(C)(C)C)cc1. The summed E-state index contributed by atoms with van der Waals surface area (Å²) in [7, 11) is 1.79. The molecule has 0 aliphatic heterocycles. The second-order valence-corrected chi connectivity index (χ2v) is 6.61. The second-order valence-electron chi connectivity index (χ2n) is 6.61. The van der Waals surface area contributed by atoms with Crippen LogP contribution in [0, 0.1) is 0 Å². The Hall–Kier alpha value is -2.30. The van der Waals surface area contributed by atoms with Crippen LogP contribution in [0.1, 0.15) is 39.2 Å². The normalized spacial score (nSPS) is 11.3. The number of hydrogen-bond donors (Lipinski definition) is 1. The molecule has 5 nitrogen and oxygen atoms in total. The van der Waals surface area contributed by atoms with Crippen LogP contribution in [0.3, 0.4) is 0 Å². The standard InChI is InChI=1S/C18H25N3O2/c1-18(2,3)14-7-9-15(10-8-14)23-13-5-6-17(22)20-16-11-12-19-21(16)4/h7-12H,5-6,13H2,1-4H3,(H,20,22). The quantitative estimate of drug-likeness (QED) is 0.830. The lowest BCUT2D eigenvalue weighted by Crippen LogP contribution is -2.15. The van der Waals surface area contributed by atoms with E-state index in [4.69, 9.17) is 4.74 Å². The Balaban J connectivity index is 1.71. The number of nitrogens with zero attached hydrogens (tertiary/aromatic N) is 2. The van der Waals surface area contributed by atoms with Gasteiger partial charge < -0.3 is 10.1 Å². The van der Waals surface area contributed by atoms with Crippen molar-refractivity contribution in [1.29, 1.82) is 0 Å². The number of aromatic nitrogens is 2. The Morgan fingerprint density at radius 3 is 2.48 bits per heavy atom. The lowest BCUT2D eigenvalue weighted by Gasteiger charge is -2.19. The van der Waals surface area contributed by atoms with Crippen molar-refractivity contribution in [1.82, 2.24) is 9.78 Å². The summed E-state index contributed by atoms with van der Waals surface area (Å²) in [5.74, 6) is 1.51. The van der Waals surface area contributed by atoms with Crippen LogP contribution in [-0.4, -0.2) is 22.3 Å². The van der Waals surface area contributed by atoms with E-state index in [1.54, 1.807) is 24.0 Å². The third-order valence-electron chi connectivity index (χ3n) is 3.63. The fourth-order valence-corrected chi connectivity index (χ4v) is 2.18. The maximum Gasteiger partial charge on any atom is 0.225 e. The minimum atomic E-state index is -0.0275. The molecule has 0 saturated carbocycles. The summed E-state index contributed by atoms with van der Waals surface area (Å²) < 4.78 is 7.32.